The Morgan fingerprint density at radius 3 is 2.81 bits per heavy atom. The zero-order valence-electron chi connectivity index (χ0n) is 16.4. The number of furan rings is 1. The fourth-order valence-corrected chi connectivity index (χ4v) is 3.54. The Balaban J connectivity index is 1.72. The van der Waals surface area contributed by atoms with Crippen molar-refractivity contribution in [1.29, 1.82) is 0 Å². The van der Waals surface area contributed by atoms with Crippen molar-refractivity contribution in [3.63, 3.8) is 0 Å². The summed E-state index contributed by atoms with van der Waals surface area (Å²) >= 11 is 6.10. The van der Waals surface area contributed by atoms with E-state index in [-0.39, 0.29) is 5.56 Å². The molecule has 0 atom stereocenters. The van der Waals surface area contributed by atoms with E-state index in [0.717, 1.165) is 10.9 Å². The van der Waals surface area contributed by atoms with Crippen molar-refractivity contribution in [2.75, 3.05) is 7.11 Å². The third-order valence-electron chi connectivity index (χ3n) is 4.87. The SMILES string of the molecule is COc1cccc(C=Nn2c(-c3cc4cc(Cl)ccc4o3)nc3ccccc3c2=O)c1. The fraction of sp³-hybridized carbons (Fsp3) is 0.0417. The Hall–Kier alpha value is -3.90. The molecule has 0 saturated heterocycles. The van der Waals surface area contributed by atoms with Crippen molar-refractivity contribution in [3.8, 4) is 17.3 Å². The van der Waals surface area contributed by atoms with Gasteiger partial charge in [0, 0.05) is 10.4 Å². The largest absolute Gasteiger partial charge is 0.497 e. The number of hydrogen-bond donors (Lipinski definition) is 0. The highest BCUT2D eigenvalue weighted by molar-refractivity contribution is 6.31. The maximum Gasteiger partial charge on any atom is 0.282 e. The van der Waals surface area contributed by atoms with Crippen LogP contribution in [0.5, 0.6) is 5.75 Å². The molecule has 31 heavy (non-hydrogen) atoms. The summed E-state index contributed by atoms with van der Waals surface area (Å²) in [6.07, 6.45) is 1.59. The quantitative estimate of drug-likeness (QED) is 0.361. The van der Waals surface area contributed by atoms with Crippen molar-refractivity contribution in [1.82, 2.24) is 9.66 Å². The molecule has 0 N–H and O–H groups in total. The molecule has 0 spiro atoms. The highest BCUT2D eigenvalue weighted by atomic mass is 35.5. The zero-order chi connectivity index (χ0) is 21.4. The van der Waals surface area contributed by atoms with Gasteiger partial charge in [-0.05, 0) is 54.1 Å². The molecular weight excluding hydrogens is 414 g/mol. The van der Waals surface area contributed by atoms with E-state index in [1.165, 1.54) is 4.68 Å². The lowest BCUT2D eigenvalue weighted by atomic mass is 10.2. The van der Waals surface area contributed by atoms with E-state index in [1.807, 2.05) is 30.3 Å². The van der Waals surface area contributed by atoms with E-state index in [4.69, 9.17) is 20.8 Å². The Bertz CT molecular complexity index is 1520. The van der Waals surface area contributed by atoms with Crippen LogP contribution in [0.15, 0.2) is 87.1 Å². The van der Waals surface area contributed by atoms with E-state index in [2.05, 4.69) is 10.1 Å². The summed E-state index contributed by atoms with van der Waals surface area (Å²) in [4.78, 5) is 17.9. The monoisotopic (exact) mass is 429 g/mol. The highest BCUT2D eigenvalue weighted by Gasteiger charge is 2.16. The van der Waals surface area contributed by atoms with Crippen LogP contribution in [0.25, 0.3) is 33.5 Å². The first kappa shape index (κ1) is 19.1. The van der Waals surface area contributed by atoms with Crippen molar-refractivity contribution in [3.05, 3.63) is 93.7 Å². The van der Waals surface area contributed by atoms with Crippen LogP contribution in [0.3, 0.4) is 0 Å². The third kappa shape index (κ3) is 3.58. The molecule has 0 aliphatic rings. The fourth-order valence-electron chi connectivity index (χ4n) is 3.36. The Morgan fingerprint density at radius 1 is 1.06 bits per heavy atom. The molecule has 0 amide bonds. The predicted molar refractivity (Wildman–Crippen MR) is 122 cm³/mol. The third-order valence-corrected chi connectivity index (χ3v) is 5.10. The van der Waals surface area contributed by atoms with Gasteiger partial charge >= 0.3 is 0 Å². The molecule has 0 aliphatic carbocycles. The van der Waals surface area contributed by atoms with Gasteiger partial charge < -0.3 is 9.15 Å². The summed E-state index contributed by atoms with van der Waals surface area (Å²) in [6, 6.07) is 21.7. The molecular formula is C24H16ClN3O3. The summed E-state index contributed by atoms with van der Waals surface area (Å²) in [5.74, 6) is 1.42. The number of para-hydroxylation sites is 1. The molecule has 5 rings (SSSR count). The number of methoxy groups -OCH3 is 1. The summed E-state index contributed by atoms with van der Waals surface area (Å²) in [7, 11) is 1.60. The molecule has 0 radical (unpaired) electrons. The molecule has 0 aliphatic heterocycles. The van der Waals surface area contributed by atoms with Crippen LogP contribution in [0.2, 0.25) is 5.02 Å². The second kappa shape index (κ2) is 7.74. The smallest absolute Gasteiger partial charge is 0.282 e. The van der Waals surface area contributed by atoms with Crippen LogP contribution < -0.4 is 10.3 Å². The first-order valence-electron chi connectivity index (χ1n) is 9.52. The lowest BCUT2D eigenvalue weighted by Crippen LogP contribution is -2.20. The molecule has 0 saturated carbocycles. The van der Waals surface area contributed by atoms with Crippen LogP contribution >= 0.6 is 11.6 Å². The number of nitrogens with zero attached hydrogens (tertiary/aromatic N) is 3. The number of fused-ring (bicyclic) bond motifs is 2. The maximum atomic E-state index is 13.3. The number of hydrogen-bond acceptors (Lipinski definition) is 5. The van der Waals surface area contributed by atoms with Gasteiger partial charge in [0.1, 0.15) is 11.3 Å². The number of benzene rings is 3. The van der Waals surface area contributed by atoms with Gasteiger partial charge in [-0.2, -0.15) is 9.78 Å². The minimum absolute atomic E-state index is 0.293. The minimum atomic E-state index is -0.293. The van der Waals surface area contributed by atoms with E-state index in [9.17, 15) is 4.79 Å². The summed E-state index contributed by atoms with van der Waals surface area (Å²) < 4.78 is 12.5. The zero-order valence-corrected chi connectivity index (χ0v) is 17.2. The van der Waals surface area contributed by atoms with Gasteiger partial charge in [-0.1, -0.05) is 35.9 Å². The van der Waals surface area contributed by atoms with E-state index in [1.54, 1.807) is 55.8 Å². The molecule has 5 aromatic rings. The van der Waals surface area contributed by atoms with Crippen molar-refractivity contribution in [2.45, 2.75) is 0 Å². The van der Waals surface area contributed by atoms with Gasteiger partial charge in [-0.15, -0.1) is 0 Å². The van der Waals surface area contributed by atoms with Gasteiger partial charge in [0.05, 0.1) is 24.2 Å². The summed E-state index contributed by atoms with van der Waals surface area (Å²) in [5, 5.41) is 6.32. The molecule has 0 bridgehead atoms. The average Bonchev–Trinajstić information content (AvgIpc) is 3.21. The highest BCUT2D eigenvalue weighted by Crippen LogP contribution is 2.29. The van der Waals surface area contributed by atoms with Crippen molar-refractivity contribution in [2.24, 2.45) is 5.10 Å². The second-order valence-corrected chi connectivity index (χ2v) is 7.32. The second-order valence-electron chi connectivity index (χ2n) is 6.88. The summed E-state index contributed by atoms with van der Waals surface area (Å²) in [5.41, 5.74) is 1.69. The predicted octanol–water partition coefficient (Wildman–Crippen LogP) is 5.35. The maximum absolute atomic E-state index is 13.3. The van der Waals surface area contributed by atoms with Crippen LogP contribution in [0.4, 0.5) is 0 Å². The molecule has 0 unspecified atom stereocenters. The van der Waals surface area contributed by atoms with Gasteiger partial charge in [-0.25, -0.2) is 4.98 Å². The van der Waals surface area contributed by atoms with Gasteiger partial charge in [0.15, 0.2) is 5.76 Å². The number of aromatic nitrogens is 2. The first-order valence-corrected chi connectivity index (χ1v) is 9.90. The molecule has 152 valence electrons. The number of rotatable bonds is 4. The standard InChI is InChI=1S/C24H16ClN3O3/c1-30-18-6-4-5-15(11-18)14-26-28-23(27-20-8-3-2-7-19(20)24(28)29)22-13-16-12-17(25)9-10-21(16)31-22/h2-14H,1H3. The van der Waals surface area contributed by atoms with Gasteiger partial charge in [-0.3, -0.25) is 4.79 Å². The van der Waals surface area contributed by atoms with E-state index >= 15 is 0 Å². The molecule has 2 heterocycles. The van der Waals surface area contributed by atoms with Gasteiger partial charge in [0.2, 0.25) is 5.82 Å². The Morgan fingerprint density at radius 2 is 1.94 bits per heavy atom. The van der Waals surface area contributed by atoms with Gasteiger partial charge in [0.25, 0.3) is 5.56 Å². The molecule has 0 fully saturated rings. The lowest BCUT2D eigenvalue weighted by Gasteiger charge is -2.07. The van der Waals surface area contributed by atoms with Crippen molar-refractivity contribution >= 4 is 39.7 Å². The summed E-state index contributed by atoms with van der Waals surface area (Å²) in [6.45, 7) is 0. The van der Waals surface area contributed by atoms with E-state index in [0.29, 0.717) is 38.8 Å². The van der Waals surface area contributed by atoms with Crippen LogP contribution in [-0.4, -0.2) is 23.0 Å². The molecule has 6 nitrogen and oxygen atoms in total. The number of halogens is 1. The van der Waals surface area contributed by atoms with Crippen molar-refractivity contribution < 1.29 is 9.15 Å². The van der Waals surface area contributed by atoms with Crippen LogP contribution in [0, 0.1) is 0 Å². The van der Waals surface area contributed by atoms with Crippen LogP contribution in [-0.2, 0) is 0 Å². The Labute approximate surface area is 182 Å². The molecule has 2 aromatic heterocycles. The molecule has 3 aromatic carbocycles. The van der Waals surface area contributed by atoms with E-state index < -0.39 is 0 Å². The minimum Gasteiger partial charge on any atom is -0.497 e. The topological polar surface area (TPSA) is 69.6 Å². The lowest BCUT2D eigenvalue weighted by molar-refractivity contribution is 0.414. The van der Waals surface area contributed by atoms with Crippen LogP contribution in [0.1, 0.15) is 5.56 Å². The molecule has 7 heteroatoms. The Kier molecular flexibility index (Phi) is 4.76. The average molecular weight is 430 g/mol. The first-order chi connectivity index (χ1) is 15.1. The normalized spacial score (nSPS) is 11.5. The number of ether oxygens (including phenoxy) is 1.